The molecule has 0 bridgehead atoms. The van der Waals surface area contributed by atoms with E-state index in [-0.39, 0.29) is 18.3 Å². The summed E-state index contributed by atoms with van der Waals surface area (Å²) in [6.45, 7) is 7.14. The molecular weight excluding hydrogens is 393 g/mol. The summed E-state index contributed by atoms with van der Waals surface area (Å²) < 4.78 is 12.5. The van der Waals surface area contributed by atoms with E-state index in [1.54, 1.807) is 13.8 Å². The van der Waals surface area contributed by atoms with Crippen molar-refractivity contribution >= 4 is 24.0 Å². The van der Waals surface area contributed by atoms with Crippen molar-refractivity contribution in [3.05, 3.63) is 52.1 Å². The fraction of sp³-hybridized carbons (Fsp3) is 0.381. The molecule has 0 saturated carbocycles. The van der Waals surface area contributed by atoms with Crippen LogP contribution in [-0.2, 0) is 16.0 Å². The first-order valence-electron chi connectivity index (χ1n) is 9.45. The van der Waals surface area contributed by atoms with Crippen LogP contribution in [0.25, 0.3) is 0 Å². The molecule has 1 aromatic heterocycles. The van der Waals surface area contributed by atoms with Gasteiger partial charge < -0.3 is 25.8 Å². The summed E-state index contributed by atoms with van der Waals surface area (Å²) in [6, 6.07) is 4.20. The minimum absolute atomic E-state index is 0.293. The number of aliphatic carboxylic acids is 1. The number of benzene rings is 1. The Balaban J connectivity index is 0.000000346. The Morgan fingerprint density at radius 2 is 1.93 bits per heavy atom. The van der Waals surface area contributed by atoms with Crippen LogP contribution in [-0.4, -0.2) is 46.1 Å². The molecule has 0 aliphatic rings. The molecule has 0 saturated heterocycles. The number of hydrogen-bond donors (Lipinski definition) is 5. The van der Waals surface area contributed by atoms with Crippen molar-refractivity contribution in [3.63, 3.8) is 0 Å². The molecule has 0 aliphatic heterocycles. The fourth-order valence-electron chi connectivity index (χ4n) is 2.87. The van der Waals surface area contributed by atoms with Gasteiger partial charge >= 0.3 is 5.97 Å². The zero-order valence-electron chi connectivity index (χ0n) is 17.5. The van der Waals surface area contributed by atoms with Crippen LogP contribution >= 0.6 is 0 Å². The second-order valence-corrected chi connectivity index (χ2v) is 6.76. The lowest BCUT2D eigenvalue weighted by Gasteiger charge is -2.08. The highest BCUT2D eigenvalue weighted by atomic mass is 19.1. The number of aryl methyl sites for hydroxylation is 3. The van der Waals surface area contributed by atoms with Gasteiger partial charge in [0.25, 0.3) is 5.91 Å². The smallest absolute Gasteiger partial charge is 0.334 e. The maximum Gasteiger partial charge on any atom is 0.334 e. The lowest BCUT2D eigenvalue weighted by molar-refractivity contribution is -0.146. The van der Waals surface area contributed by atoms with E-state index >= 15 is 0 Å². The highest BCUT2D eigenvalue weighted by molar-refractivity contribution is 5.97. The summed E-state index contributed by atoms with van der Waals surface area (Å²) in [5, 5.41) is 22.6. The Hall–Kier alpha value is -3.20. The second kappa shape index (κ2) is 11.7. The third-order valence-corrected chi connectivity index (χ3v) is 4.41. The van der Waals surface area contributed by atoms with Crippen molar-refractivity contribution in [1.29, 1.82) is 0 Å². The van der Waals surface area contributed by atoms with Gasteiger partial charge in [-0.2, -0.15) is 0 Å². The van der Waals surface area contributed by atoms with E-state index in [0.29, 0.717) is 17.7 Å². The number of aromatic nitrogens is 1. The molecule has 1 atom stereocenters. The van der Waals surface area contributed by atoms with Gasteiger partial charge in [-0.1, -0.05) is 13.3 Å². The number of H-pyrrole nitrogens is 1. The highest BCUT2D eigenvalue weighted by Crippen LogP contribution is 2.19. The van der Waals surface area contributed by atoms with Gasteiger partial charge in [0.15, 0.2) is 6.10 Å². The van der Waals surface area contributed by atoms with Crippen LogP contribution < -0.4 is 10.6 Å². The van der Waals surface area contributed by atoms with Crippen molar-refractivity contribution in [1.82, 2.24) is 10.3 Å². The molecule has 2 rings (SSSR count). The summed E-state index contributed by atoms with van der Waals surface area (Å²) in [5.74, 6) is -2.01. The average molecular weight is 421 g/mol. The summed E-state index contributed by atoms with van der Waals surface area (Å²) >= 11 is 0. The van der Waals surface area contributed by atoms with Crippen LogP contribution in [0, 0.1) is 26.6 Å². The molecule has 5 N–H and O–H groups in total. The number of hydrogen-bond acceptors (Lipinski definition) is 4. The molecule has 0 aliphatic carbocycles. The zero-order valence-corrected chi connectivity index (χ0v) is 17.5. The molecule has 164 valence electrons. The third-order valence-electron chi connectivity index (χ3n) is 4.41. The van der Waals surface area contributed by atoms with E-state index in [4.69, 9.17) is 10.2 Å². The number of rotatable bonds is 8. The van der Waals surface area contributed by atoms with E-state index in [2.05, 4.69) is 22.5 Å². The minimum atomic E-state index is -1.58. The molecule has 9 heteroatoms. The summed E-state index contributed by atoms with van der Waals surface area (Å²) in [5.41, 5.74) is 4.54. The Labute approximate surface area is 174 Å². The predicted molar refractivity (Wildman–Crippen MR) is 111 cm³/mol. The predicted octanol–water partition coefficient (Wildman–Crippen LogP) is 2.46. The van der Waals surface area contributed by atoms with E-state index in [1.165, 1.54) is 18.2 Å². The molecule has 2 amide bonds. The van der Waals surface area contributed by atoms with Crippen molar-refractivity contribution in [2.75, 3.05) is 11.9 Å². The highest BCUT2D eigenvalue weighted by Gasteiger charge is 2.20. The summed E-state index contributed by atoms with van der Waals surface area (Å²) in [4.78, 5) is 35.6. The Morgan fingerprint density at radius 1 is 1.27 bits per heavy atom. The first-order valence-corrected chi connectivity index (χ1v) is 9.45. The molecule has 1 heterocycles. The van der Waals surface area contributed by atoms with E-state index in [0.717, 1.165) is 35.4 Å². The molecule has 30 heavy (non-hydrogen) atoms. The van der Waals surface area contributed by atoms with Crippen molar-refractivity contribution < 1.29 is 29.0 Å². The lowest BCUT2D eigenvalue weighted by Crippen LogP contribution is -2.36. The largest absolute Gasteiger partial charge is 0.479 e. The first kappa shape index (κ1) is 24.8. The quantitative estimate of drug-likeness (QED) is 0.418. The minimum Gasteiger partial charge on any atom is -0.479 e. The molecule has 0 radical (unpaired) electrons. The number of carboxylic acids is 1. The molecule has 0 fully saturated rings. The molecule has 0 spiro atoms. The van der Waals surface area contributed by atoms with Crippen LogP contribution in [0.5, 0.6) is 0 Å². The van der Waals surface area contributed by atoms with Gasteiger partial charge in [0.2, 0.25) is 6.41 Å². The number of anilines is 1. The van der Waals surface area contributed by atoms with Crippen molar-refractivity contribution in [2.45, 2.75) is 46.6 Å². The number of halogens is 1. The number of carboxylic acid groups (broad SMARTS) is 1. The van der Waals surface area contributed by atoms with Crippen molar-refractivity contribution in [2.24, 2.45) is 0 Å². The van der Waals surface area contributed by atoms with Gasteiger partial charge in [-0.05, 0) is 56.5 Å². The maximum atomic E-state index is 12.5. The summed E-state index contributed by atoms with van der Waals surface area (Å²) in [7, 11) is 0. The van der Waals surface area contributed by atoms with Gasteiger partial charge in [0.1, 0.15) is 5.82 Å². The number of aliphatic hydroxyl groups excluding tert-OH is 1. The fourth-order valence-corrected chi connectivity index (χ4v) is 2.87. The van der Waals surface area contributed by atoms with E-state index < -0.39 is 12.1 Å². The number of carbonyl (C=O) groups is 3. The number of aromatic amines is 1. The Morgan fingerprint density at radius 3 is 2.47 bits per heavy atom. The van der Waals surface area contributed by atoms with Gasteiger partial charge in [0.05, 0.1) is 12.1 Å². The summed E-state index contributed by atoms with van der Waals surface area (Å²) in [6.07, 6.45) is 0.816. The van der Waals surface area contributed by atoms with Crippen LogP contribution in [0.15, 0.2) is 18.2 Å². The van der Waals surface area contributed by atoms with E-state index in [1.807, 2.05) is 6.92 Å². The molecular formula is C21H28FN3O5. The number of nitrogens with one attached hydrogen (secondary N) is 3. The molecule has 1 aromatic carbocycles. The Bertz CT molecular complexity index is 895. The van der Waals surface area contributed by atoms with Crippen LogP contribution in [0.1, 0.15) is 46.2 Å². The van der Waals surface area contributed by atoms with Gasteiger partial charge in [-0.15, -0.1) is 0 Å². The Kier molecular flexibility index (Phi) is 9.70. The second-order valence-electron chi connectivity index (χ2n) is 6.76. The molecule has 1 unspecified atom stereocenters. The average Bonchev–Trinajstić information content (AvgIpc) is 2.96. The first-order chi connectivity index (χ1) is 14.1. The zero-order chi connectivity index (χ0) is 22.8. The normalized spacial score (nSPS) is 11.1. The standard InChI is InChI=1S/C13H20N2O4.C8H8FNO/c1-4-5-9-7(2)11(8(3)15-9)12(17)14-6-10(16)13(18)19;1-6-4-7(9)2-3-8(6)10-5-11/h10,15-16H,4-6H2,1-3H3,(H,14,17)(H,18,19);2-5H,1H3,(H,10,11). The molecule has 2 aromatic rings. The lowest BCUT2D eigenvalue weighted by atomic mass is 10.1. The van der Waals surface area contributed by atoms with Crippen LogP contribution in [0.3, 0.4) is 0 Å². The SMILES string of the molecule is CCCc1[nH]c(C)c(C(=O)NCC(O)C(=O)O)c1C.Cc1cc(F)ccc1NC=O. The third kappa shape index (κ3) is 7.00. The number of aliphatic hydroxyl groups is 1. The topological polar surface area (TPSA) is 132 Å². The van der Waals surface area contributed by atoms with Gasteiger partial charge in [0, 0.05) is 17.1 Å². The van der Waals surface area contributed by atoms with Crippen molar-refractivity contribution in [3.8, 4) is 0 Å². The number of amides is 2. The number of carbonyl (C=O) groups excluding carboxylic acids is 2. The monoisotopic (exact) mass is 421 g/mol. The molecule has 8 nitrogen and oxygen atoms in total. The van der Waals surface area contributed by atoms with Gasteiger partial charge in [-0.3, -0.25) is 9.59 Å². The maximum absolute atomic E-state index is 12.5. The van der Waals surface area contributed by atoms with E-state index in [9.17, 15) is 18.8 Å². The van der Waals surface area contributed by atoms with Crippen LogP contribution in [0.2, 0.25) is 0 Å². The van der Waals surface area contributed by atoms with Crippen LogP contribution in [0.4, 0.5) is 10.1 Å². The van der Waals surface area contributed by atoms with Gasteiger partial charge in [-0.25, -0.2) is 9.18 Å².